The summed E-state index contributed by atoms with van der Waals surface area (Å²) in [6.07, 6.45) is 2.07. The monoisotopic (exact) mass is 236 g/mol. The first kappa shape index (κ1) is 12.6. The average Bonchev–Trinajstić information content (AvgIpc) is 2.41. The van der Waals surface area contributed by atoms with Gasteiger partial charge in [0.25, 0.3) is 0 Å². The summed E-state index contributed by atoms with van der Waals surface area (Å²) in [5.74, 6) is 0.474. The van der Waals surface area contributed by atoms with E-state index in [-0.39, 0.29) is 12.7 Å². The number of rotatable bonds is 5. The molecule has 1 fully saturated rings. The van der Waals surface area contributed by atoms with E-state index in [2.05, 4.69) is 12.1 Å². The van der Waals surface area contributed by atoms with Crippen molar-refractivity contribution in [3.05, 3.63) is 35.9 Å². The van der Waals surface area contributed by atoms with Gasteiger partial charge in [-0.3, -0.25) is 0 Å². The summed E-state index contributed by atoms with van der Waals surface area (Å²) in [5, 5.41) is 8.95. The Kier molecular flexibility index (Phi) is 4.98. The summed E-state index contributed by atoms with van der Waals surface area (Å²) in [5.41, 5.74) is 1.21. The highest BCUT2D eigenvalue weighted by Gasteiger charge is 2.20. The van der Waals surface area contributed by atoms with Crippen LogP contribution in [0, 0.1) is 5.92 Å². The summed E-state index contributed by atoms with van der Waals surface area (Å²) >= 11 is 0. The van der Waals surface area contributed by atoms with Crippen LogP contribution < -0.4 is 0 Å². The molecule has 2 rings (SSSR count). The average molecular weight is 236 g/mol. The maximum absolute atomic E-state index is 8.95. The fourth-order valence-electron chi connectivity index (χ4n) is 2.05. The van der Waals surface area contributed by atoms with Gasteiger partial charge in [-0.2, -0.15) is 0 Å². The highest BCUT2D eigenvalue weighted by molar-refractivity contribution is 5.13. The predicted octanol–water partition coefficient (Wildman–Crippen LogP) is 1.99. The van der Waals surface area contributed by atoms with Crippen molar-refractivity contribution in [2.45, 2.75) is 25.6 Å². The highest BCUT2D eigenvalue weighted by Crippen LogP contribution is 2.19. The zero-order valence-corrected chi connectivity index (χ0v) is 10.0. The summed E-state index contributed by atoms with van der Waals surface area (Å²) < 4.78 is 11.2. The third-order valence-corrected chi connectivity index (χ3v) is 3.13. The van der Waals surface area contributed by atoms with Crippen molar-refractivity contribution in [3.8, 4) is 0 Å². The van der Waals surface area contributed by atoms with Gasteiger partial charge in [0.2, 0.25) is 0 Å². The predicted molar refractivity (Wildman–Crippen MR) is 65.6 cm³/mol. The van der Waals surface area contributed by atoms with Crippen LogP contribution in [0.4, 0.5) is 0 Å². The van der Waals surface area contributed by atoms with Gasteiger partial charge in [0.1, 0.15) is 0 Å². The number of ether oxygens (including phenoxy) is 2. The van der Waals surface area contributed by atoms with Crippen molar-refractivity contribution < 1.29 is 14.6 Å². The number of benzene rings is 1. The zero-order valence-electron chi connectivity index (χ0n) is 10.0. The van der Waals surface area contributed by atoms with Crippen molar-refractivity contribution >= 4 is 0 Å². The molecule has 0 aliphatic carbocycles. The van der Waals surface area contributed by atoms with Crippen LogP contribution in [0.25, 0.3) is 0 Å². The summed E-state index contributed by atoms with van der Waals surface area (Å²) in [7, 11) is 0. The van der Waals surface area contributed by atoms with Gasteiger partial charge in [-0.1, -0.05) is 30.3 Å². The molecule has 1 aliphatic rings. The second-order valence-electron chi connectivity index (χ2n) is 4.58. The van der Waals surface area contributed by atoms with Gasteiger partial charge in [-0.05, 0) is 18.4 Å². The van der Waals surface area contributed by atoms with Gasteiger partial charge in [-0.25, -0.2) is 0 Å². The fraction of sp³-hybridized carbons (Fsp3) is 0.571. The summed E-state index contributed by atoms with van der Waals surface area (Å²) in [6.45, 7) is 2.26. The largest absolute Gasteiger partial charge is 0.394 e. The molecular formula is C14H20O3. The van der Waals surface area contributed by atoms with Crippen LogP contribution in [0.1, 0.15) is 18.4 Å². The second-order valence-corrected chi connectivity index (χ2v) is 4.58. The van der Waals surface area contributed by atoms with Gasteiger partial charge >= 0.3 is 0 Å². The van der Waals surface area contributed by atoms with Crippen LogP contribution in [0.5, 0.6) is 0 Å². The van der Waals surface area contributed by atoms with Crippen molar-refractivity contribution in [2.75, 3.05) is 19.8 Å². The quantitative estimate of drug-likeness (QED) is 0.849. The minimum atomic E-state index is 0.0420. The Morgan fingerprint density at radius 3 is 2.71 bits per heavy atom. The molecule has 1 saturated heterocycles. The Balaban J connectivity index is 1.63. The van der Waals surface area contributed by atoms with Crippen molar-refractivity contribution in [1.82, 2.24) is 0 Å². The molecule has 0 radical (unpaired) electrons. The molecule has 1 aromatic rings. The maximum atomic E-state index is 8.95. The van der Waals surface area contributed by atoms with E-state index in [1.165, 1.54) is 5.56 Å². The van der Waals surface area contributed by atoms with E-state index in [1.54, 1.807) is 0 Å². The second kappa shape index (κ2) is 6.74. The minimum absolute atomic E-state index is 0.0420. The number of aliphatic hydroxyl groups is 1. The molecule has 1 N–H and O–H groups in total. The van der Waals surface area contributed by atoms with Gasteiger partial charge in [0.15, 0.2) is 0 Å². The molecule has 0 spiro atoms. The zero-order chi connectivity index (χ0) is 11.9. The lowest BCUT2D eigenvalue weighted by molar-refractivity contribution is -0.0633. The Bertz CT molecular complexity index is 305. The fourth-order valence-corrected chi connectivity index (χ4v) is 2.05. The lowest BCUT2D eigenvalue weighted by Crippen LogP contribution is -2.30. The molecule has 0 bridgehead atoms. The number of hydrogen-bond donors (Lipinski definition) is 1. The molecule has 0 unspecified atom stereocenters. The Labute approximate surface area is 102 Å². The summed E-state index contributed by atoms with van der Waals surface area (Å²) in [6, 6.07) is 10.2. The maximum Gasteiger partial charge on any atom is 0.0806 e. The third kappa shape index (κ3) is 4.11. The Morgan fingerprint density at radius 1 is 1.24 bits per heavy atom. The molecule has 94 valence electrons. The molecule has 2 atom stereocenters. The van der Waals surface area contributed by atoms with Crippen LogP contribution in [-0.2, 0) is 16.1 Å². The number of hydrogen-bond acceptors (Lipinski definition) is 3. The van der Waals surface area contributed by atoms with E-state index in [0.717, 1.165) is 19.4 Å². The van der Waals surface area contributed by atoms with E-state index >= 15 is 0 Å². The summed E-state index contributed by atoms with van der Waals surface area (Å²) in [4.78, 5) is 0. The van der Waals surface area contributed by atoms with Crippen LogP contribution in [-0.4, -0.2) is 31.0 Å². The smallest absolute Gasteiger partial charge is 0.0806 e. The standard InChI is InChI=1S/C14H20O3/c15-8-14-7-6-13(11-17-14)10-16-9-12-4-2-1-3-5-12/h1-5,13-15H,6-11H2/t13-,14-/m0/s1. The molecule has 1 aromatic carbocycles. The van der Waals surface area contributed by atoms with E-state index in [4.69, 9.17) is 14.6 Å². The van der Waals surface area contributed by atoms with Crippen LogP contribution in [0.3, 0.4) is 0 Å². The highest BCUT2D eigenvalue weighted by atomic mass is 16.5. The van der Waals surface area contributed by atoms with E-state index < -0.39 is 0 Å². The first-order chi connectivity index (χ1) is 8.38. The van der Waals surface area contributed by atoms with E-state index in [1.807, 2.05) is 18.2 Å². The van der Waals surface area contributed by atoms with Crippen molar-refractivity contribution in [3.63, 3.8) is 0 Å². The topological polar surface area (TPSA) is 38.7 Å². The third-order valence-electron chi connectivity index (χ3n) is 3.13. The van der Waals surface area contributed by atoms with Gasteiger partial charge < -0.3 is 14.6 Å². The molecule has 1 heterocycles. The van der Waals surface area contributed by atoms with Gasteiger partial charge in [0.05, 0.1) is 32.5 Å². The minimum Gasteiger partial charge on any atom is -0.394 e. The van der Waals surface area contributed by atoms with Crippen molar-refractivity contribution in [2.24, 2.45) is 5.92 Å². The molecule has 17 heavy (non-hydrogen) atoms. The molecule has 0 saturated carbocycles. The van der Waals surface area contributed by atoms with Crippen LogP contribution in [0.2, 0.25) is 0 Å². The normalized spacial score (nSPS) is 24.8. The molecule has 3 heteroatoms. The lowest BCUT2D eigenvalue weighted by atomic mass is 9.99. The molecule has 3 nitrogen and oxygen atoms in total. The van der Waals surface area contributed by atoms with Crippen molar-refractivity contribution in [1.29, 1.82) is 0 Å². The van der Waals surface area contributed by atoms with E-state index in [9.17, 15) is 0 Å². The first-order valence-corrected chi connectivity index (χ1v) is 6.22. The molecule has 0 aromatic heterocycles. The molecular weight excluding hydrogens is 216 g/mol. The Morgan fingerprint density at radius 2 is 2.06 bits per heavy atom. The van der Waals surface area contributed by atoms with E-state index in [0.29, 0.717) is 19.1 Å². The first-order valence-electron chi connectivity index (χ1n) is 6.22. The number of aliphatic hydroxyl groups excluding tert-OH is 1. The SMILES string of the molecule is OC[C@@H]1CC[C@@H](COCc2ccccc2)CO1. The molecule has 0 amide bonds. The van der Waals surface area contributed by atoms with Crippen LogP contribution in [0.15, 0.2) is 30.3 Å². The van der Waals surface area contributed by atoms with Crippen LogP contribution >= 0.6 is 0 Å². The lowest BCUT2D eigenvalue weighted by Gasteiger charge is -2.27. The van der Waals surface area contributed by atoms with Gasteiger partial charge in [0, 0.05) is 5.92 Å². The molecule has 1 aliphatic heterocycles. The Hall–Kier alpha value is -0.900. The van der Waals surface area contributed by atoms with Gasteiger partial charge in [-0.15, -0.1) is 0 Å².